The molecule has 71 heavy (non-hydrogen) atoms. The molecule has 0 bridgehead atoms. The maximum absolute atomic E-state index is 12.5. The number of hydrogen-bond acceptors (Lipinski definition) is 3. The van der Waals surface area contributed by atoms with E-state index in [0.29, 0.717) is 50.0 Å². The molecule has 4 heteroatoms. The third-order valence-corrected chi connectivity index (χ3v) is 13.1. The predicted octanol–water partition coefficient (Wildman–Crippen LogP) is 18.6. The third-order valence-electron chi connectivity index (χ3n) is 13.1. The van der Waals surface area contributed by atoms with Gasteiger partial charge in [-0.1, -0.05) is 187 Å². The molecule has 0 radical (unpaired) electrons. The monoisotopic (exact) mass is 953 g/mol. The maximum Gasteiger partial charge on any atom is 0.149 e. The molecule has 0 aliphatic rings. The molecule has 0 aliphatic heterocycles. The average Bonchev–Trinajstić information content (AvgIpc) is 0.781. The first-order chi connectivity index (χ1) is 41.4. The number of para-hydroxylation sites is 1. The lowest BCUT2D eigenvalue weighted by Crippen LogP contribution is -2.16. The van der Waals surface area contributed by atoms with E-state index in [1.807, 2.05) is 82.3 Å². The van der Waals surface area contributed by atoms with Crippen molar-refractivity contribution in [3.05, 3.63) is 191 Å². The summed E-state index contributed by atoms with van der Waals surface area (Å²) in [6.07, 6.45) is -0.784. The topological polar surface area (TPSA) is 50.9 Å². The molecule has 9 aromatic rings. The summed E-state index contributed by atoms with van der Waals surface area (Å²) in [5.74, 6) is 0.0266. The Bertz CT molecular complexity index is 4210. The number of nitrogens with zero attached hydrogens (tertiary/aromatic N) is 3. The Balaban J connectivity index is 1.36. The second-order valence-corrected chi connectivity index (χ2v) is 21.2. The summed E-state index contributed by atoms with van der Waals surface area (Å²) in [7, 11) is 0. The van der Waals surface area contributed by atoms with Crippen molar-refractivity contribution in [3.63, 3.8) is 0 Å². The minimum Gasteiger partial charge on any atom is -0.507 e. The molecule has 0 atom stereocenters. The molecule has 2 heterocycles. The van der Waals surface area contributed by atoms with Crippen LogP contribution >= 0.6 is 0 Å². The summed E-state index contributed by atoms with van der Waals surface area (Å²) in [6, 6.07) is 28.8. The maximum atomic E-state index is 12.5. The molecule has 0 unspecified atom stereocenters. The zero-order valence-corrected chi connectivity index (χ0v) is 41.9. The van der Waals surface area contributed by atoms with Gasteiger partial charge in [0.15, 0.2) is 0 Å². The minimum atomic E-state index is -3.96. The van der Waals surface area contributed by atoms with Crippen molar-refractivity contribution in [1.82, 2.24) is 14.5 Å². The summed E-state index contributed by atoms with van der Waals surface area (Å²) >= 11 is 0. The Morgan fingerprint density at radius 1 is 0.549 bits per heavy atom. The van der Waals surface area contributed by atoms with E-state index in [4.69, 9.17) is 22.8 Å². The first-order valence-electron chi connectivity index (χ1n) is 33.4. The quantitative estimate of drug-likeness (QED) is 0.157. The zero-order valence-electron chi connectivity index (χ0n) is 60.9. The van der Waals surface area contributed by atoms with Gasteiger partial charge in [0, 0.05) is 33.7 Å². The Morgan fingerprint density at radius 3 is 1.87 bits per heavy atom. The van der Waals surface area contributed by atoms with Crippen LogP contribution in [0.3, 0.4) is 0 Å². The number of aromatic nitrogens is 3. The van der Waals surface area contributed by atoms with Gasteiger partial charge in [-0.2, -0.15) is 0 Å². The van der Waals surface area contributed by atoms with Crippen molar-refractivity contribution in [1.29, 1.82) is 0 Å². The van der Waals surface area contributed by atoms with Crippen LogP contribution in [0.15, 0.2) is 158 Å². The second-order valence-electron chi connectivity index (χ2n) is 21.2. The van der Waals surface area contributed by atoms with Crippen LogP contribution in [0.5, 0.6) is 5.75 Å². The number of phenolic OH excluding ortho intramolecular Hbond substituents is 1. The van der Waals surface area contributed by atoms with Crippen molar-refractivity contribution in [2.75, 3.05) is 0 Å². The average molecular weight is 953 g/mol. The van der Waals surface area contributed by atoms with E-state index in [-0.39, 0.29) is 56.7 Å². The van der Waals surface area contributed by atoms with E-state index in [1.165, 1.54) is 0 Å². The van der Waals surface area contributed by atoms with Gasteiger partial charge in [-0.3, -0.25) is 9.55 Å². The molecule has 0 amide bonds. The summed E-state index contributed by atoms with van der Waals surface area (Å²) in [4.78, 5) is 9.83. The van der Waals surface area contributed by atoms with Crippen LogP contribution in [0.4, 0.5) is 0 Å². The highest BCUT2D eigenvalue weighted by atomic mass is 16.3. The van der Waals surface area contributed by atoms with Gasteiger partial charge in [0.05, 0.1) is 37.6 Å². The second kappa shape index (κ2) is 18.6. The number of hydrogen-bond donors (Lipinski definition) is 1. The lowest BCUT2D eigenvalue weighted by molar-refractivity contribution is 0.466. The zero-order chi connectivity index (χ0) is 66.8. The van der Waals surface area contributed by atoms with Crippen molar-refractivity contribution in [2.24, 2.45) is 0 Å². The van der Waals surface area contributed by atoms with Gasteiger partial charge in [-0.15, -0.1) is 0 Å². The van der Waals surface area contributed by atoms with Gasteiger partial charge >= 0.3 is 0 Å². The van der Waals surface area contributed by atoms with Crippen LogP contribution in [0.25, 0.3) is 83.9 Å². The van der Waals surface area contributed by atoms with Gasteiger partial charge in [-0.05, 0) is 162 Å². The molecule has 0 aliphatic carbocycles. The van der Waals surface area contributed by atoms with Gasteiger partial charge in [-0.25, -0.2) is 4.98 Å². The number of rotatable bonds is 9. The molecule has 7 aromatic carbocycles. The molecule has 360 valence electrons. The fourth-order valence-corrected chi connectivity index (χ4v) is 8.87. The van der Waals surface area contributed by atoms with E-state index < -0.39 is 91.9 Å². The molecular weight excluding hydrogens is 863 g/mol. The molecular formula is C67H71N3O. The Kier molecular flexibility index (Phi) is 8.03. The van der Waals surface area contributed by atoms with E-state index in [1.54, 1.807) is 47.0 Å². The Labute approximate surface area is 450 Å². The molecule has 9 rings (SSSR count). The standard InChI is InChI=1S/C67H71N3O/c1-41(2)48-37-57(42(3)4)63(71)58(38-48)64-69-62-56(21-18-22-61(62)70(64)60-28-25-46(31-43(60)5)50-35-54(66(9,10)11)40-55(36-50)67(12,13)14)51-32-49(44-19-16-15-17-20-44)33-52(34-51)59-39-47(29-30-68-59)45-23-26-53(27-24-45)65(6,7)8/h15-42,71H,1-14H3/i5D3,6D3,7D3,8D3,23D,24D,26D,27D,29D,30D,39D. The summed E-state index contributed by atoms with van der Waals surface area (Å²) in [6.45, 7) is 6.26. The molecule has 0 fully saturated rings. The highest BCUT2D eigenvalue weighted by molar-refractivity contribution is 5.98. The Morgan fingerprint density at radius 2 is 1.23 bits per heavy atom. The van der Waals surface area contributed by atoms with Crippen LogP contribution < -0.4 is 0 Å². The SMILES string of the molecule is [2H]c1nc(-c2cc(-c3ccccc3)cc(-c3cccc4c3nc(-c3cc(C(C)C)cc(C(C)C)c3O)n4-c3ccc(-c4cc(C(C)(C)C)cc(C(C)(C)C)c4)cc3C([2H])([2H])[2H])c2)c([2H])c(-c2c([2H])c([2H])c(C(C([2H])([2H])[2H])(C([2H])([2H])[2H])C([2H])([2H])[2H])c([2H])c2[2H])c1[2H]. The smallest absolute Gasteiger partial charge is 0.149 e. The van der Waals surface area contributed by atoms with Gasteiger partial charge in [0.2, 0.25) is 0 Å². The van der Waals surface area contributed by atoms with Crippen molar-refractivity contribution < 1.29 is 31.2 Å². The third kappa shape index (κ3) is 9.87. The largest absolute Gasteiger partial charge is 0.507 e. The van der Waals surface area contributed by atoms with Crippen LogP contribution in [0.2, 0.25) is 0 Å². The summed E-state index contributed by atoms with van der Waals surface area (Å²) in [5.41, 5.74) is 1.35. The highest BCUT2D eigenvalue weighted by Gasteiger charge is 2.26. The summed E-state index contributed by atoms with van der Waals surface area (Å²) in [5, 5.41) is 12.5. The number of benzene rings is 7. The molecule has 0 saturated carbocycles. The Hall–Kier alpha value is -7.04. The molecule has 1 N–H and O–H groups in total. The van der Waals surface area contributed by atoms with Crippen LogP contribution in [-0.4, -0.2) is 19.6 Å². The molecule has 2 aromatic heterocycles. The fourth-order valence-electron chi connectivity index (χ4n) is 8.87. The summed E-state index contributed by atoms with van der Waals surface area (Å²) < 4.78 is 169. The van der Waals surface area contributed by atoms with Gasteiger partial charge < -0.3 is 5.11 Å². The van der Waals surface area contributed by atoms with Crippen molar-refractivity contribution in [3.8, 4) is 78.6 Å². The normalized spacial score (nSPS) is 17.0. The van der Waals surface area contributed by atoms with E-state index in [2.05, 4.69) is 64.7 Å². The van der Waals surface area contributed by atoms with Crippen LogP contribution in [0.1, 0.15) is 161 Å². The van der Waals surface area contributed by atoms with Crippen molar-refractivity contribution in [2.45, 2.75) is 125 Å². The number of fused-ring (bicyclic) bond motifs is 1. The van der Waals surface area contributed by atoms with Crippen LogP contribution in [0, 0.1) is 6.85 Å². The number of aromatic hydroxyl groups is 1. The lowest BCUT2D eigenvalue weighted by atomic mass is 9.79. The highest BCUT2D eigenvalue weighted by Crippen LogP contribution is 2.44. The van der Waals surface area contributed by atoms with E-state index in [0.717, 1.165) is 22.3 Å². The van der Waals surface area contributed by atoms with Gasteiger partial charge in [0.1, 0.15) is 11.6 Å². The number of imidazole rings is 1. The molecule has 0 spiro atoms. The first kappa shape index (κ1) is 30.6. The van der Waals surface area contributed by atoms with Gasteiger partial charge in [0.25, 0.3) is 0 Å². The number of pyridine rings is 1. The van der Waals surface area contributed by atoms with Crippen molar-refractivity contribution >= 4 is 11.0 Å². The lowest BCUT2D eigenvalue weighted by Gasteiger charge is -2.26. The molecule has 4 nitrogen and oxygen atoms in total. The predicted molar refractivity (Wildman–Crippen MR) is 302 cm³/mol. The number of aryl methyl sites for hydroxylation is 1. The van der Waals surface area contributed by atoms with E-state index in [9.17, 15) is 13.3 Å². The molecule has 0 saturated heterocycles. The minimum absolute atomic E-state index is 0.00979. The van der Waals surface area contributed by atoms with Crippen LogP contribution in [-0.2, 0) is 16.2 Å². The fraction of sp³-hybridized carbons (Fsp3) is 0.284. The van der Waals surface area contributed by atoms with E-state index >= 15 is 0 Å². The first-order valence-corrected chi connectivity index (χ1v) is 23.9. The number of phenols is 1.